The molecule has 0 aromatic heterocycles. The monoisotopic (exact) mass is 351 g/mol. The average Bonchev–Trinajstić information content (AvgIpc) is 2.59. The van der Waals surface area contributed by atoms with Crippen molar-refractivity contribution in [2.75, 3.05) is 99.4 Å². The van der Waals surface area contributed by atoms with E-state index in [4.69, 9.17) is 28.4 Å². The Balaban J connectivity index is 3.12. The number of nitrogens with zero attached hydrogens (tertiary/aromatic N) is 1. The summed E-state index contributed by atoms with van der Waals surface area (Å²) >= 11 is 0. The van der Waals surface area contributed by atoms with Crippen molar-refractivity contribution >= 4 is 0 Å². The maximum Gasteiger partial charge on any atom is 0.0701 e. The van der Waals surface area contributed by atoms with Crippen LogP contribution in [0.2, 0.25) is 0 Å². The highest BCUT2D eigenvalue weighted by atomic mass is 16.5. The molecule has 24 heavy (non-hydrogen) atoms. The summed E-state index contributed by atoms with van der Waals surface area (Å²) in [6, 6.07) is 0. The zero-order valence-corrected chi connectivity index (χ0v) is 15.8. The van der Waals surface area contributed by atoms with Crippen molar-refractivity contribution in [2.45, 2.75) is 13.8 Å². The highest BCUT2D eigenvalue weighted by molar-refractivity contribution is 4.49. The molecule has 146 valence electrons. The van der Waals surface area contributed by atoms with Crippen LogP contribution >= 0.6 is 0 Å². The SMILES string of the molecule is CCOCCOCCOCCN(C)CCOCCOCCOCC. The third-order valence-electron chi connectivity index (χ3n) is 3.13. The van der Waals surface area contributed by atoms with Gasteiger partial charge >= 0.3 is 0 Å². The molecule has 0 saturated heterocycles. The van der Waals surface area contributed by atoms with Crippen molar-refractivity contribution in [1.29, 1.82) is 0 Å². The van der Waals surface area contributed by atoms with Gasteiger partial charge in [-0.2, -0.15) is 0 Å². The summed E-state index contributed by atoms with van der Waals surface area (Å²) in [6.45, 7) is 13.6. The molecule has 0 saturated carbocycles. The lowest BCUT2D eigenvalue weighted by Gasteiger charge is -2.16. The highest BCUT2D eigenvalue weighted by Crippen LogP contribution is 1.87. The Hall–Kier alpha value is -0.280. The molecule has 0 aromatic carbocycles. The van der Waals surface area contributed by atoms with Crippen LogP contribution in [0.5, 0.6) is 0 Å². The van der Waals surface area contributed by atoms with E-state index in [1.807, 2.05) is 13.8 Å². The molecule has 0 rings (SSSR count). The van der Waals surface area contributed by atoms with Gasteiger partial charge in [-0.05, 0) is 20.9 Å². The first-order valence-corrected chi connectivity index (χ1v) is 8.96. The molecule has 0 atom stereocenters. The lowest BCUT2D eigenvalue weighted by Crippen LogP contribution is -2.28. The minimum absolute atomic E-state index is 0.614. The molecule has 0 spiro atoms. The zero-order valence-electron chi connectivity index (χ0n) is 15.8. The number of rotatable bonds is 20. The normalized spacial score (nSPS) is 11.5. The van der Waals surface area contributed by atoms with Crippen LogP contribution in [-0.2, 0) is 28.4 Å². The molecular formula is C17H37NO6. The van der Waals surface area contributed by atoms with Crippen molar-refractivity contribution in [2.24, 2.45) is 0 Å². The smallest absolute Gasteiger partial charge is 0.0701 e. The third-order valence-corrected chi connectivity index (χ3v) is 3.13. The summed E-state index contributed by atoms with van der Waals surface area (Å²) < 4.78 is 32.1. The number of hydrogen-bond acceptors (Lipinski definition) is 7. The van der Waals surface area contributed by atoms with Gasteiger partial charge in [0.2, 0.25) is 0 Å². The van der Waals surface area contributed by atoms with Crippen molar-refractivity contribution < 1.29 is 28.4 Å². The minimum atomic E-state index is 0.614. The van der Waals surface area contributed by atoms with Gasteiger partial charge in [0.25, 0.3) is 0 Å². The molecule has 0 aliphatic heterocycles. The Labute approximate surface area is 147 Å². The van der Waals surface area contributed by atoms with Gasteiger partial charge in [-0.25, -0.2) is 0 Å². The predicted octanol–water partition coefficient (Wildman–Crippen LogP) is 1.06. The number of likely N-dealkylation sites (N-methyl/N-ethyl adjacent to an activating group) is 1. The zero-order chi connectivity index (χ0) is 17.7. The summed E-state index contributed by atoms with van der Waals surface area (Å²) in [5.74, 6) is 0. The quantitative estimate of drug-likeness (QED) is 0.304. The second-order valence-corrected chi connectivity index (χ2v) is 5.15. The molecule has 0 heterocycles. The molecule has 0 unspecified atom stereocenters. The molecule has 7 nitrogen and oxygen atoms in total. The van der Waals surface area contributed by atoms with Crippen LogP contribution in [0.4, 0.5) is 0 Å². The van der Waals surface area contributed by atoms with Crippen LogP contribution in [0, 0.1) is 0 Å². The van der Waals surface area contributed by atoms with Gasteiger partial charge in [-0.15, -0.1) is 0 Å². The van der Waals surface area contributed by atoms with Gasteiger partial charge < -0.3 is 33.3 Å². The predicted molar refractivity (Wildman–Crippen MR) is 93.8 cm³/mol. The van der Waals surface area contributed by atoms with Crippen LogP contribution in [0.25, 0.3) is 0 Å². The first kappa shape index (κ1) is 23.7. The molecule has 0 amide bonds. The van der Waals surface area contributed by atoms with Gasteiger partial charge in [-0.1, -0.05) is 0 Å². The van der Waals surface area contributed by atoms with Crippen LogP contribution in [0.15, 0.2) is 0 Å². The molecule has 0 aliphatic rings. The fourth-order valence-electron chi connectivity index (χ4n) is 1.72. The minimum Gasteiger partial charge on any atom is -0.379 e. The number of ether oxygens (including phenoxy) is 6. The third kappa shape index (κ3) is 19.8. The Bertz CT molecular complexity index is 211. The van der Waals surface area contributed by atoms with Gasteiger partial charge in [-0.3, -0.25) is 0 Å². The summed E-state index contributed by atoms with van der Waals surface area (Å²) in [5, 5.41) is 0. The van der Waals surface area contributed by atoms with Crippen LogP contribution in [0.3, 0.4) is 0 Å². The van der Waals surface area contributed by atoms with Crippen molar-refractivity contribution in [3.63, 3.8) is 0 Å². The Morgan fingerprint density at radius 3 is 1.08 bits per heavy atom. The number of hydrogen-bond donors (Lipinski definition) is 0. The molecular weight excluding hydrogens is 314 g/mol. The lowest BCUT2D eigenvalue weighted by molar-refractivity contribution is 0.00643. The van der Waals surface area contributed by atoms with Gasteiger partial charge in [0.15, 0.2) is 0 Å². The summed E-state index contributed by atoms with van der Waals surface area (Å²) in [7, 11) is 2.06. The largest absolute Gasteiger partial charge is 0.379 e. The second-order valence-electron chi connectivity index (χ2n) is 5.15. The van der Waals surface area contributed by atoms with E-state index in [1.54, 1.807) is 0 Å². The van der Waals surface area contributed by atoms with Crippen molar-refractivity contribution in [1.82, 2.24) is 4.90 Å². The maximum atomic E-state index is 5.52. The van der Waals surface area contributed by atoms with E-state index in [1.165, 1.54) is 0 Å². The van der Waals surface area contributed by atoms with Crippen LogP contribution in [-0.4, -0.2) is 104 Å². The highest BCUT2D eigenvalue weighted by Gasteiger charge is 1.99. The standard InChI is InChI=1S/C17H37NO6/c1-4-19-10-12-23-16-14-21-8-6-18(3)7-9-22-15-17-24-13-11-20-5-2/h4-17H2,1-3H3. The maximum absolute atomic E-state index is 5.52. The van der Waals surface area contributed by atoms with E-state index in [2.05, 4.69) is 11.9 Å². The summed E-state index contributed by atoms with van der Waals surface area (Å²) in [5.41, 5.74) is 0. The van der Waals surface area contributed by atoms with Gasteiger partial charge in [0.1, 0.15) is 0 Å². The fraction of sp³-hybridized carbons (Fsp3) is 1.00. The van der Waals surface area contributed by atoms with Crippen molar-refractivity contribution in [3.8, 4) is 0 Å². The van der Waals surface area contributed by atoms with E-state index in [0.717, 1.165) is 26.3 Å². The first-order chi connectivity index (χ1) is 11.8. The Morgan fingerprint density at radius 2 is 0.750 bits per heavy atom. The Kier molecular flexibility index (Phi) is 20.5. The van der Waals surface area contributed by atoms with E-state index in [-0.39, 0.29) is 0 Å². The van der Waals surface area contributed by atoms with Gasteiger partial charge in [0.05, 0.1) is 66.1 Å². The van der Waals surface area contributed by atoms with Gasteiger partial charge in [0, 0.05) is 26.3 Å². The van der Waals surface area contributed by atoms with Crippen LogP contribution in [0.1, 0.15) is 13.8 Å². The molecule has 0 aromatic rings. The Morgan fingerprint density at radius 1 is 0.458 bits per heavy atom. The molecule has 0 fully saturated rings. The summed E-state index contributed by atoms with van der Waals surface area (Å²) in [6.07, 6.45) is 0. The topological polar surface area (TPSA) is 58.6 Å². The van der Waals surface area contributed by atoms with Crippen LogP contribution < -0.4 is 0 Å². The van der Waals surface area contributed by atoms with Crippen molar-refractivity contribution in [3.05, 3.63) is 0 Å². The van der Waals surface area contributed by atoms with E-state index < -0.39 is 0 Å². The van der Waals surface area contributed by atoms with E-state index in [0.29, 0.717) is 66.1 Å². The fourth-order valence-corrected chi connectivity index (χ4v) is 1.72. The second kappa shape index (κ2) is 20.8. The summed E-state index contributed by atoms with van der Waals surface area (Å²) in [4.78, 5) is 2.19. The lowest BCUT2D eigenvalue weighted by atomic mass is 10.5. The first-order valence-electron chi connectivity index (χ1n) is 8.96. The van der Waals surface area contributed by atoms with E-state index in [9.17, 15) is 0 Å². The van der Waals surface area contributed by atoms with E-state index >= 15 is 0 Å². The molecule has 0 aliphatic carbocycles. The molecule has 0 N–H and O–H groups in total. The molecule has 7 heteroatoms. The molecule has 0 radical (unpaired) electrons. The average molecular weight is 351 g/mol. The molecule has 0 bridgehead atoms.